The van der Waals surface area contributed by atoms with Crippen molar-refractivity contribution < 1.29 is 19.1 Å². The second-order valence-corrected chi connectivity index (χ2v) is 10.9. The zero-order chi connectivity index (χ0) is 28.7. The van der Waals surface area contributed by atoms with Crippen molar-refractivity contribution in [1.82, 2.24) is 10.6 Å². The number of carbonyl (C=O) groups excluding carboxylic acids is 3. The zero-order valence-corrected chi connectivity index (χ0v) is 23.8. The summed E-state index contributed by atoms with van der Waals surface area (Å²) in [5, 5.41) is 6.17. The molecule has 0 saturated carbocycles. The number of amides is 1. The highest BCUT2D eigenvalue weighted by atomic mass is 16.5. The second kappa shape index (κ2) is 16.4. The number of Topliss-reactive ketones (excluding diaryl/α,β-unsaturated/α-hetero) is 1. The molecular formula is C34H42N2O4. The van der Waals surface area contributed by atoms with Gasteiger partial charge in [-0.3, -0.25) is 9.59 Å². The molecule has 0 aliphatic carbocycles. The molecule has 40 heavy (non-hydrogen) atoms. The minimum atomic E-state index is -0.783. The number of ketones is 1. The predicted octanol–water partition coefficient (Wildman–Crippen LogP) is 5.47. The van der Waals surface area contributed by atoms with Crippen LogP contribution in [0.15, 0.2) is 91.0 Å². The summed E-state index contributed by atoms with van der Waals surface area (Å²) < 4.78 is 5.55. The van der Waals surface area contributed by atoms with E-state index in [0.717, 1.165) is 11.1 Å². The van der Waals surface area contributed by atoms with Crippen molar-refractivity contribution in [3.05, 3.63) is 108 Å². The van der Waals surface area contributed by atoms with Crippen molar-refractivity contribution in [3.8, 4) is 0 Å². The molecule has 6 heteroatoms. The Morgan fingerprint density at radius 2 is 1.35 bits per heavy atom. The van der Waals surface area contributed by atoms with Gasteiger partial charge in [0, 0.05) is 18.9 Å². The highest BCUT2D eigenvalue weighted by Gasteiger charge is 2.29. The molecule has 1 amide bonds. The molecule has 3 rings (SSSR count). The first-order chi connectivity index (χ1) is 19.3. The number of carbonyl (C=O) groups is 3. The van der Waals surface area contributed by atoms with Crippen molar-refractivity contribution in [3.63, 3.8) is 0 Å². The van der Waals surface area contributed by atoms with Crippen LogP contribution in [0.4, 0.5) is 0 Å². The largest absolute Gasteiger partial charge is 0.459 e. The lowest BCUT2D eigenvalue weighted by molar-refractivity contribution is -0.150. The number of rotatable bonds is 16. The standard InChI is InChI=1S/C34H42N2O4/c1-25(2)19-32(34(39)40-24-28-15-9-5-10-16-28)36-33(38)30(20-27-13-7-4-8-14-27)21-31(37)23-35-22-26(3)29-17-11-6-12-18-29/h4-18,25-26,30,32,35H,19-24H2,1-3H3,(H,36,38)/t26-,30+,32-/m1/s1. The van der Waals surface area contributed by atoms with E-state index in [1.165, 1.54) is 5.56 Å². The third-order valence-electron chi connectivity index (χ3n) is 6.84. The fourth-order valence-electron chi connectivity index (χ4n) is 4.64. The van der Waals surface area contributed by atoms with Gasteiger partial charge in [-0.05, 0) is 41.4 Å². The lowest BCUT2D eigenvalue weighted by atomic mass is 9.92. The van der Waals surface area contributed by atoms with E-state index in [1.807, 2.05) is 92.7 Å². The smallest absolute Gasteiger partial charge is 0.328 e. The number of benzene rings is 3. The normalized spacial score (nSPS) is 13.3. The SMILES string of the molecule is CC(C)C[C@@H](NC(=O)[C@H](CC(=O)CNC[C@@H](C)c1ccccc1)Cc1ccccc1)C(=O)OCc1ccccc1. The van der Waals surface area contributed by atoms with Gasteiger partial charge < -0.3 is 15.4 Å². The summed E-state index contributed by atoms with van der Waals surface area (Å²) in [6.45, 7) is 7.10. The van der Waals surface area contributed by atoms with Crippen LogP contribution in [0.2, 0.25) is 0 Å². The van der Waals surface area contributed by atoms with Crippen molar-refractivity contribution in [2.24, 2.45) is 11.8 Å². The molecule has 0 bridgehead atoms. The predicted molar refractivity (Wildman–Crippen MR) is 159 cm³/mol. The summed E-state index contributed by atoms with van der Waals surface area (Å²) in [6.07, 6.45) is 0.942. The molecule has 6 nitrogen and oxygen atoms in total. The lowest BCUT2D eigenvalue weighted by Crippen LogP contribution is -2.46. The average Bonchev–Trinajstić information content (AvgIpc) is 2.96. The molecule has 0 aliphatic rings. The van der Waals surface area contributed by atoms with Crippen LogP contribution < -0.4 is 10.6 Å². The van der Waals surface area contributed by atoms with E-state index in [9.17, 15) is 14.4 Å². The number of esters is 1. The molecule has 3 atom stereocenters. The van der Waals surface area contributed by atoms with E-state index in [4.69, 9.17) is 4.74 Å². The van der Waals surface area contributed by atoms with Gasteiger partial charge in [-0.15, -0.1) is 0 Å². The fraction of sp³-hybridized carbons (Fsp3) is 0.382. The number of ether oxygens (including phenoxy) is 1. The minimum Gasteiger partial charge on any atom is -0.459 e. The van der Waals surface area contributed by atoms with Gasteiger partial charge in [0.1, 0.15) is 18.4 Å². The maximum Gasteiger partial charge on any atom is 0.328 e. The average molecular weight is 543 g/mol. The summed E-state index contributed by atoms with van der Waals surface area (Å²) in [6, 6.07) is 28.5. The highest BCUT2D eigenvalue weighted by molar-refractivity contribution is 5.90. The van der Waals surface area contributed by atoms with Gasteiger partial charge in [0.2, 0.25) is 5.91 Å². The second-order valence-electron chi connectivity index (χ2n) is 10.9. The number of hydrogen-bond donors (Lipinski definition) is 2. The van der Waals surface area contributed by atoms with E-state index >= 15 is 0 Å². The summed E-state index contributed by atoms with van der Waals surface area (Å²) in [5.41, 5.74) is 3.06. The Morgan fingerprint density at radius 1 is 0.775 bits per heavy atom. The van der Waals surface area contributed by atoms with Crippen LogP contribution in [0.5, 0.6) is 0 Å². The Morgan fingerprint density at radius 3 is 1.95 bits per heavy atom. The zero-order valence-electron chi connectivity index (χ0n) is 23.8. The van der Waals surface area contributed by atoms with Gasteiger partial charge in [0.05, 0.1) is 6.54 Å². The first kappa shape index (κ1) is 30.8. The third kappa shape index (κ3) is 10.8. The third-order valence-corrected chi connectivity index (χ3v) is 6.84. The lowest BCUT2D eigenvalue weighted by Gasteiger charge is -2.23. The van der Waals surface area contributed by atoms with Crippen LogP contribution in [0.3, 0.4) is 0 Å². The summed E-state index contributed by atoms with van der Waals surface area (Å²) in [5.74, 6) is -0.983. The molecule has 0 spiro atoms. The Labute approximate surface area is 238 Å². The summed E-state index contributed by atoms with van der Waals surface area (Å²) in [4.78, 5) is 39.5. The highest BCUT2D eigenvalue weighted by Crippen LogP contribution is 2.17. The van der Waals surface area contributed by atoms with Crippen LogP contribution >= 0.6 is 0 Å². The molecule has 3 aromatic rings. The molecule has 3 aromatic carbocycles. The maximum atomic E-state index is 13.5. The van der Waals surface area contributed by atoms with Crippen LogP contribution in [0, 0.1) is 11.8 Å². The number of nitrogens with one attached hydrogen (secondary N) is 2. The molecule has 0 aromatic heterocycles. The molecule has 212 valence electrons. The maximum absolute atomic E-state index is 13.5. The quantitative estimate of drug-likeness (QED) is 0.235. The molecule has 0 fully saturated rings. The van der Waals surface area contributed by atoms with Gasteiger partial charge >= 0.3 is 5.97 Å². The Hall–Kier alpha value is -3.77. The van der Waals surface area contributed by atoms with E-state index in [0.29, 0.717) is 19.4 Å². The Kier molecular flexibility index (Phi) is 12.6. The first-order valence-electron chi connectivity index (χ1n) is 14.1. The van der Waals surface area contributed by atoms with Crippen molar-refractivity contribution >= 4 is 17.7 Å². The Balaban J connectivity index is 1.62. The first-order valence-corrected chi connectivity index (χ1v) is 14.1. The van der Waals surface area contributed by atoms with Crippen LogP contribution in [-0.4, -0.2) is 36.8 Å². The van der Waals surface area contributed by atoms with Gasteiger partial charge in [-0.25, -0.2) is 4.79 Å². The van der Waals surface area contributed by atoms with E-state index in [2.05, 4.69) is 29.7 Å². The molecule has 0 heterocycles. The molecule has 0 saturated heterocycles. The van der Waals surface area contributed by atoms with Gasteiger partial charge in [-0.2, -0.15) is 0 Å². The monoisotopic (exact) mass is 542 g/mol. The van der Waals surface area contributed by atoms with E-state index in [-0.39, 0.29) is 43.1 Å². The minimum absolute atomic E-state index is 0.0385. The van der Waals surface area contributed by atoms with Crippen molar-refractivity contribution in [1.29, 1.82) is 0 Å². The molecule has 0 unspecified atom stereocenters. The topological polar surface area (TPSA) is 84.5 Å². The molecule has 0 radical (unpaired) electrons. The van der Waals surface area contributed by atoms with E-state index < -0.39 is 17.9 Å². The van der Waals surface area contributed by atoms with Crippen molar-refractivity contribution in [2.75, 3.05) is 13.1 Å². The van der Waals surface area contributed by atoms with Crippen molar-refractivity contribution in [2.45, 2.75) is 58.6 Å². The van der Waals surface area contributed by atoms with Gasteiger partial charge in [0.15, 0.2) is 0 Å². The van der Waals surface area contributed by atoms with Gasteiger partial charge in [0.25, 0.3) is 0 Å². The molecular weight excluding hydrogens is 500 g/mol. The Bertz CT molecular complexity index is 1180. The summed E-state index contributed by atoms with van der Waals surface area (Å²) >= 11 is 0. The van der Waals surface area contributed by atoms with Crippen LogP contribution in [-0.2, 0) is 32.1 Å². The summed E-state index contributed by atoms with van der Waals surface area (Å²) in [7, 11) is 0. The van der Waals surface area contributed by atoms with Gasteiger partial charge in [-0.1, -0.05) is 112 Å². The number of hydrogen-bond acceptors (Lipinski definition) is 5. The van der Waals surface area contributed by atoms with E-state index in [1.54, 1.807) is 0 Å². The van der Waals surface area contributed by atoms with Crippen LogP contribution in [0.25, 0.3) is 0 Å². The molecule has 0 aliphatic heterocycles. The fourth-order valence-corrected chi connectivity index (χ4v) is 4.64. The van der Waals surface area contributed by atoms with Crippen LogP contribution in [0.1, 0.15) is 56.2 Å². The molecule has 2 N–H and O–H groups in total.